The summed E-state index contributed by atoms with van der Waals surface area (Å²) >= 11 is 0. The Morgan fingerprint density at radius 3 is 2.24 bits per heavy atom. The molecule has 4 rings (SSSR count). The van der Waals surface area contributed by atoms with Crippen LogP contribution >= 0.6 is 0 Å². The van der Waals surface area contributed by atoms with Crippen LogP contribution in [0.4, 0.5) is 0 Å². The van der Waals surface area contributed by atoms with E-state index < -0.39 is 5.97 Å². The fraction of sp³-hybridized carbons (Fsp3) is 0.185. The molecule has 0 aliphatic rings. The van der Waals surface area contributed by atoms with Gasteiger partial charge in [0.05, 0.1) is 12.1 Å². The van der Waals surface area contributed by atoms with Crippen LogP contribution in [0.2, 0.25) is 0 Å². The number of benzene rings is 3. The van der Waals surface area contributed by atoms with E-state index in [1.54, 1.807) is 35.0 Å². The van der Waals surface area contributed by atoms with Gasteiger partial charge in [-0.1, -0.05) is 86.6 Å². The Kier molecular flexibility index (Phi) is 6.45. The van der Waals surface area contributed by atoms with E-state index in [9.17, 15) is 14.7 Å². The molecule has 0 saturated carbocycles. The molecular formula is C27H25N3O3. The highest BCUT2D eigenvalue weighted by Crippen LogP contribution is 2.24. The first kappa shape index (κ1) is 22.1. The fourth-order valence-electron chi connectivity index (χ4n) is 3.72. The van der Waals surface area contributed by atoms with Gasteiger partial charge in [0.15, 0.2) is 0 Å². The fourth-order valence-corrected chi connectivity index (χ4v) is 3.72. The third kappa shape index (κ3) is 5.06. The van der Waals surface area contributed by atoms with Crippen LogP contribution in [0.3, 0.4) is 0 Å². The minimum atomic E-state index is -0.953. The standard InChI is InChI=1S/C27H25N3O3/c1-18(2)16-24-28-26(25(31)21-8-4-3-5-9-21)29-30(24)17-19-12-14-20(15-13-19)22-10-6-7-11-23(22)27(32)33/h3-15,18H,16-17H2,1-2H3,(H,32,33). The molecule has 0 aliphatic heterocycles. The van der Waals surface area contributed by atoms with Crippen LogP contribution in [-0.2, 0) is 13.0 Å². The Hall–Kier alpha value is -4.06. The summed E-state index contributed by atoms with van der Waals surface area (Å²) in [5.74, 6) is 0.183. The number of carbonyl (C=O) groups is 2. The van der Waals surface area contributed by atoms with Gasteiger partial charge in [-0.2, -0.15) is 0 Å². The van der Waals surface area contributed by atoms with Crippen molar-refractivity contribution in [3.05, 3.63) is 107 Å². The van der Waals surface area contributed by atoms with Crippen molar-refractivity contribution < 1.29 is 14.7 Å². The Morgan fingerprint density at radius 2 is 1.58 bits per heavy atom. The summed E-state index contributed by atoms with van der Waals surface area (Å²) in [7, 11) is 0. The predicted molar refractivity (Wildman–Crippen MR) is 126 cm³/mol. The number of nitrogens with zero attached hydrogens (tertiary/aromatic N) is 3. The van der Waals surface area contributed by atoms with Crippen LogP contribution in [0.5, 0.6) is 0 Å². The third-order valence-corrected chi connectivity index (χ3v) is 5.33. The molecule has 0 fully saturated rings. The van der Waals surface area contributed by atoms with Gasteiger partial charge < -0.3 is 5.11 Å². The highest BCUT2D eigenvalue weighted by Gasteiger charge is 2.19. The number of ketones is 1. The van der Waals surface area contributed by atoms with E-state index in [1.807, 2.05) is 48.5 Å². The van der Waals surface area contributed by atoms with E-state index in [-0.39, 0.29) is 17.2 Å². The molecule has 0 unspecified atom stereocenters. The minimum Gasteiger partial charge on any atom is -0.478 e. The van der Waals surface area contributed by atoms with Gasteiger partial charge in [0.2, 0.25) is 11.6 Å². The SMILES string of the molecule is CC(C)Cc1nc(C(=O)c2ccccc2)nn1Cc1ccc(-c2ccccc2C(=O)O)cc1. The zero-order chi connectivity index (χ0) is 23.4. The molecule has 6 nitrogen and oxygen atoms in total. The Balaban J connectivity index is 1.61. The average molecular weight is 440 g/mol. The number of carboxylic acid groups (broad SMARTS) is 1. The van der Waals surface area contributed by atoms with Gasteiger partial charge in [-0.3, -0.25) is 4.79 Å². The molecule has 1 N–H and O–H groups in total. The van der Waals surface area contributed by atoms with Gasteiger partial charge in [0.25, 0.3) is 0 Å². The summed E-state index contributed by atoms with van der Waals surface area (Å²) in [5.41, 5.74) is 3.32. The molecule has 0 bridgehead atoms. The number of rotatable bonds is 8. The number of carboxylic acids is 1. The number of aromatic nitrogens is 3. The highest BCUT2D eigenvalue weighted by atomic mass is 16.4. The van der Waals surface area contributed by atoms with Crippen molar-refractivity contribution in [2.24, 2.45) is 5.92 Å². The molecule has 4 aromatic rings. The molecule has 166 valence electrons. The van der Waals surface area contributed by atoms with Crippen molar-refractivity contribution in [2.45, 2.75) is 26.8 Å². The number of hydrogen-bond donors (Lipinski definition) is 1. The molecule has 0 spiro atoms. The second-order valence-electron chi connectivity index (χ2n) is 8.35. The summed E-state index contributed by atoms with van der Waals surface area (Å²) in [6.45, 7) is 4.68. The molecule has 0 aliphatic carbocycles. The van der Waals surface area contributed by atoms with Crippen LogP contribution in [0.25, 0.3) is 11.1 Å². The minimum absolute atomic E-state index is 0.194. The van der Waals surface area contributed by atoms with Crippen molar-refractivity contribution in [3.63, 3.8) is 0 Å². The van der Waals surface area contributed by atoms with Gasteiger partial charge in [-0.25, -0.2) is 14.5 Å². The maximum Gasteiger partial charge on any atom is 0.336 e. The molecular weight excluding hydrogens is 414 g/mol. The average Bonchev–Trinajstić information content (AvgIpc) is 3.21. The molecule has 6 heteroatoms. The van der Waals surface area contributed by atoms with Crippen molar-refractivity contribution in [1.82, 2.24) is 14.8 Å². The molecule has 0 saturated heterocycles. The maximum atomic E-state index is 12.9. The van der Waals surface area contributed by atoms with E-state index in [1.165, 1.54) is 0 Å². The maximum absolute atomic E-state index is 12.9. The first-order valence-corrected chi connectivity index (χ1v) is 10.9. The van der Waals surface area contributed by atoms with Gasteiger partial charge >= 0.3 is 5.97 Å². The molecule has 3 aromatic carbocycles. The van der Waals surface area contributed by atoms with Crippen LogP contribution in [0.1, 0.15) is 51.8 Å². The second kappa shape index (κ2) is 9.61. The molecule has 1 aromatic heterocycles. The lowest BCUT2D eigenvalue weighted by Crippen LogP contribution is -2.10. The summed E-state index contributed by atoms with van der Waals surface area (Å²) in [6.07, 6.45) is 0.707. The summed E-state index contributed by atoms with van der Waals surface area (Å²) in [4.78, 5) is 29.0. The summed E-state index contributed by atoms with van der Waals surface area (Å²) < 4.78 is 1.79. The molecule has 33 heavy (non-hydrogen) atoms. The van der Waals surface area contributed by atoms with E-state index in [0.717, 1.165) is 17.0 Å². The summed E-state index contributed by atoms with van der Waals surface area (Å²) in [6, 6.07) is 23.7. The zero-order valence-electron chi connectivity index (χ0n) is 18.6. The Labute approximate surface area is 192 Å². The number of hydrogen-bond acceptors (Lipinski definition) is 4. The quantitative estimate of drug-likeness (QED) is 0.385. The van der Waals surface area contributed by atoms with E-state index in [0.29, 0.717) is 30.0 Å². The Bertz CT molecular complexity index is 1280. The molecule has 1 heterocycles. The van der Waals surface area contributed by atoms with Gasteiger partial charge in [-0.15, -0.1) is 5.10 Å². The lowest BCUT2D eigenvalue weighted by molar-refractivity contribution is 0.0697. The predicted octanol–water partition coefficient (Wildman–Crippen LogP) is 5.12. The zero-order valence-corrected chi connectivity index (χ0v) is 18.6. The molecule has 0 radical (unpaired) electrons. The normalized spacial score (nSPS) is 11.0. The largest absolute Gasteiger partial charge is 0.478 e. The topological polar surface area (TPSA) is 85.1 Å². The Morgan fingerprint density at radius 1 is 0.909 bits per heavy atom. The lowest BCUT2D eigenvalue weighted by Gasteiger charge is -2.10. The molecule has 0 amide bonds. The van der Waals surface area contributed by atoms with Crippen molar-refractivity contribution in [1.29, 1.82) is 0 Å². The number of aromatic carboxylic acids is 1. The van der Waals surface area contributed by atoms with Gasteiger partial charge in [-0.05, 0) is 28.7 Å². The van der Waals surface area contributed by atoms with Crippen molar-refractivity contribution in [2.75, 3.05) is 0 Å². The highest BCUT2D eigenvalue weighted by molar-refractivity contribution is 6.06. The van der Waals surface area contributed by atoms with Crippen LogP contribution in [0, 0.1) is 5.92 Å². The monoisotopic (exact) mass is 439 g/mol. The smallest absolute Gasteiger partial charge is 0.336 e. The van der Waals surface area contributed by atoms with E-state index in [4.69, 9.17) is 0 Å². The summed E-state index contributed by atoms with van der Waals surface area (Å²) in [5, 5.41) is 14.0. The first-order valence-electron chi connectivity index (χ1n) is 10.9. The van der Waals surface area contributed by atoms with Crippen LogP contribution < -0.4 is 0 Å². The van der Waals surface area contributed by atoms with E-state index >= 15 is 0 Å². The lowest BCUT2D eigenvalue weighted by atomic mass is 9.99. The van der Waals surface area contributed by atoms with Crippen LogP contribution in [-0.4, -0.2) is 31.6 Å². The second-order valence-corrected chi connectivity index (χ2v) is 8.35. The van der Waals surface area contributed by atoms with Gasteiger partial charge in [0, 0.05) is 12.0 Å². The number of carbonyl (C=O) groups excluding carboxylic acids is 1. The van der Waals surface area contributed by atoms with Crippen LogP contribution in [0.15, 0.2) is 78.9 Å². The molecule has 0 atom stereocenters. The first-order chi connectivity index (χ1) is 15.9. The van der Waals surface area contributed by atoms with Crippen molar-refractivity contribution >= 4 is 11.8 Å². The third-order valence-electron chi connectivity index (χ3n) is 5.33. The van der Waals surface area contributed by atoms with Crippen molar-refractivity contribution in [3.8, 4) is 11.1 Å². The van der Waals surface area contributed by atoms with Gasteiger partial charge in [0.1, 0.15) is 5.82 Å². The van der Waals surface area contributed by atoms with E-state index in [2.05, 4.69) is 23.9 Å².